The van der Waals surface area contributed by atoms with Crippen molar-refractivity contribution in [3.63, 3.8) is 0 Å². The SMILES string of the molecule is Cn1c(=O)c(B(O)O)cc2ccccc21. The van der Waals surface area contributed by atoms with Crippen LogP contribution in [-0.4, -0.2) is 21.7 Å². The van der Waals surface area contributed by atoms with Crippen LogP contribution >= 0.6 is 0 Å². The number of rotatable bonds is 1. The number of aryl methyl sites for hydroxylation is 1. The smallest absolute Gasteiger partial charge is 0.423 e. The van der Waals surface area contributed by atoms with Gasteiger partial charge in [0.05, 0.1) is 5.52 Å². The van der Waals surface area contributed by atoms with Gasteiger partial charge in [-0.25, -0.2) is 0 Å². The van der Waals surface area contributed by atoms with Crippen LogP contribution in [0, 0.1) is 0 Å². The Labute approximate surface area is 86.6 Å². The molecule has 0 radical (unpaired) electrons. The summed E-state index contributed by atoms with van der Waals surface area (Å²) >= 11 is 0. The predicted molar refractivity (Wildman–Crippen MR) is 59.0 cm³/mol. The zero-order valence-electron chi connectivity index (χ0n) is 8.21. The molecule has 0 aliphatic carbocycles. The molecule has 76 valence electrons. The molecule has 0 saturated heterocycles. The van der Waals surface area contributed by atoms with Crippen LogP contribution in [0.25, 0.3) is 10.9 Å². The Balaban J connectivity index is 2.89. The Morgan fingerprint density at radius 2 is 1.93 bits per heavy atom. The number of nitrogens with zero attached hydrogens (tertiary/aromatic N) is 1. The molecular weight excluding hydrogens is 193 g/mol. The standard InChI is InChI=1S/C10H10BNO3/c1-12-9-5-3-2-4-7(9)6-8(10(12)13)11(14)15/h2-6,14-15H,1H3. The molecule has 1 aromatic carbocycles. The highest BCUT2D eigenvalue weighted by atomic mass is 16.4. The summed E-state index contributed by atoms with van der Waals surface area (Å²) in [6.45, 7) is 0. The van der Waals surface area contributed by atoms with Crippen molar-refractivity contribution in [2.75, 3.05) is 0 Å². The maximum absolute atomic E-state index is 11.7. The summed E-state index contributed by atoms with van der Waals surface area (Å²) in [7, 11) is -0.121. The second-order valence-electron chi connectivity index (χ2n) is 3.40. The lowest BCUT2D eigenvalue weighted by Gasteiger charge is -2.07. The summed E-state index contributed by atoms with van der Waals surface area (Å²) in [4.78, 5) is 11.7. The molecule has 0 aliphatic heterocycles. The van der Waals surface area contributed by atoms with E-state index in [1.54, 1.807) is 7.05 Å². The molecule has 0 amide bonds. The number of benzene rings is 1. The van der Waals surface area contributed by atoms with Crippen LogP contribution in [-0.2, 0) is 7.05 Å². The number of fused-ring (bicyclic) bond motifs is 1. The first-order valence-corrected chi connectivity index (χ1v) is 4.56. The molecule has 0 atom stereocenters. The monoisotopic (exact) mass is 203 g/mol. The van der Waals surface area contributed by atoms with Gasteiger partial charge in [0.15, 0.2) is 0 Å². The molecular formula is C10H10BNO3. The summed E-state index contributed by atoms with van der Waals surface area (Å²) in [5.41, 5.74) is 0.381. The molecule has 0 bridgehead atoms. The molecule has 15 heavy (non-hydrogen) atoms. The van der Waals surface area contributed by atoms with Gasteiger partial charge in [0, 0.05) is 12.5 Å². The third kappa shape index (κ3) is 1.56. The van der Waals surface area contributed by atoms with E-state index in [1.807, 2.05) is 24.3 Å². The van der Waals surface area contributed by atoms with E-state index in [2.05, 4.69) is 0 Å². The summed E-state index contributed by atoms with van der Waals surface area (Å²) in [5, 5.41) is 18.9. The molecule has 0 fully saturated rings. The average molecular weight is 203 g/mol. The minimum atomic E-state index is -1.73. The van der Waals surface area contributed by atoms with E-state index in [4.69, 9.17) is 10.0 Å². The van der Waals surface area contributed by atoms with E-state index in [9.17, 15) is 4.79 Å². The second kappa shape index (κ2) is 3.53. The fourth-order valence-electron chi connectivity index (χ4n) is 1.63. The topological polar surface area (TPSA) is 62.5 Å². The third-order valence-electron chi connectivity index (χ3n) is 2.44. The van der Waals surface area contributed by atoms with E-state index in [1.165, 1.54) is 10.6 Å². The predicted octanol–water partition coefficient (Wildman–Crippen LogP) is -0.782. The molecule has 5 heteroatoms. The van der Waals surface area contributed by atoms with Crippen LogP contribution in [0.5, 0.6) is 0 Å². The summed E-state index contributed by atoms with van der Waals surface area (Å²) in [6, 6.07) is 8.80. The van der Waals surface area contributed by atoms with Crippen molar-refractivity contribution >= 4 is 23.5 Å². The number of hydrogen-bond donors (Lipinski definition) is 2. The van der Waals surface area contributed by atoms with Crippen LogP contribution in [0.4, 0.5) is 0 Å². The van der Waals surface area contributed by atoms with E-state index in [-0.39, 0.29) is 11.0 Å². The molecule has 2 rings (SSSR count). The minimum Gasteiger partial charge on any atom is -0.423 e. The summed E-state index contributed by atoms with van der Waals surface area (Å²) < 4.78 is 1.41. The molecule has 1 heterocycles. The van der Waals surface area contributed by atoms with Gasteiger partial charge in [-0.2, -0.15) is 0 Å². The Morgan fingerprint density at radius 3 is 2.60 bits per heavy atom. The first-order chi connectivity index (χ1) is 7.11. The molecule has 4 nitrogen and oxygen atoms in total. The van der Waals surface area contributed by atoms with Gasteiger partial charge in [0.25, 0.3) is 5.56 Å². The van der Waals surface area contributed by atoms with Crippen molar-refractivity contribution in [3.05, 3.63) is 40.7 Å². The molecule has 0 aliphatic rings. The van der Waals surface area contributed by atoms with Crippen molar-refractivity contribution in [2.45, 2.75) is 0 Å². The summed E-state index contributed by atoms with van der Waals surface area (Å²) in [5.74, 6) is 0. The average Bonchev–Trinajstić information content (AvgIpc) is 2.23. The first-order valence-electron chi connectivity index (χ1n) is 4.56. The Hall–Kier alpha value is -1.59. The van der Waals surface area contributed by atoms with Gasteiger partial charge in [0.2, 0.25) is 0 Å². The number of hydrogen-bond acceptors (Lipinski definition) is 3. The van der Waals surface area contributed by atoms with Gasteiger partial charge in [-0.05, 0) is 17.5 Å². The highest BCUT2D eigenvalue weighted by molar-refractivity contribution is 6.58. The molecule has 0 spiro atoms. The van der Waals surface area contributed by atoms with Crippen LogP contribution in [0.2, 0.25) is 0 Å². The lowest BCUT2D eigenvalue weighted by molar-refractivity contribution is 0.425. The fraction of sp³-hybridized carbons (Fsp3) is 0.100. The zero-order valence-corrected chi connectivity index (χ0v) is 8.21. The Kier molecular flexibility index (Phi) is 2.34. The molecule has 2 aromatic rings. The van der Waals surface area contributed by atoms with Gasteiger partial charge in [-0.1, -0.05) is 18.2 Å². The fourth-order valence-corrected chi connectivity index (χ4v) is 1.63. The zero-order chi connectivity index (χ0) is 11.0. The maximum Gasteiger partial charge on any atom is 0.494 e. The molecule has 2 N–H and O–H groups in total. The van der Waals surface area contributed by atoms with Crippen LogP contribution in [0.15, 0.2) is 35.1 Å². The minimum absolute atomic E-state index is 0.00352. The van der Waals surface area contributed by atoms with Gasteiger partial charge in [-0.15, -0.1) is 0 Å². The van der Waals surface area contributed by atoms with Crippen LogP contribution in [0.1, 0.15) is 0 Å². The van der Waals surface area contributed by atoms with E-state index in [0.29, 0.717) is 0 Å². The van der Waals surface area contributed by atoms with Crippen molar-refractivity contribution in [1.82, 2.24) is 4.57 Å². The third-order valence-corrected chi connectivity index (χ3v) is 2.44. The van der Waals surface area contributed by atoms with Gasteiger partial charge < -0.3 is 14.6 Å². The van der Waals surface area contributed by atoms with Gasteiger partial charge in [0.1, 0.15) is 0 Å². The van der Waals surface area contributed by atoms with Crippen molar-refractivity contribution < 1.29 is 10.0 Å². The largest absolute Gasteiger partial charge is 0.494 e. The Morgan fingerprint density at radius 1 is 1.27 bits per heavy atom. The molecule has 0 unspecified atom stereocenters. The number of pyridine rings is 1. The highest BCUT2D eigenvalue weighted by Crippen LogP contribution is 2.08. The number of aromatic nitrogens is 1. The van der Waals surface area contributed by atoms with E-state index >= 15 is 0 Å². The van der Waals surface area contributed by atoms with Gasteiger partial charge >= 0.3 is 7.12 Å². The van der Waals surface area contributed by atoms with Crippen LogP contribution < -0.4 is 11.0 Å². The van der Waals surface area contributed by atoms with Crippen LogP contribution in [0.3, 0.4) is 0 Å². The molecule has 0 saturated carbocycles. The van der Waals surface area contributed by atoms with Crippen molar-refractivity contribution in [2.24, 2.45) is 7.05 Å². The second-order valence-corrected chi connectivity index (χ2v) is 3.40. The van der Waals surface area contributed by atoms with Crippen molar-refractivity contribution in [1.29, 1.82) is 0 Å². The van der Waals surface area contributed by atoms with E-state index in [0.717, 1.165) is 10.9 Å². The summed E-state index contributed by atoms with van der Waals surface area (Å²) in [6.07, 6.45) is 0. The first kappa shape index (κ1) is 9.95. The van der Waals surface area contributed by atoms with Crippen molar-refractivity contribution in [3.8, 4) is 0 Å². The normalized spacial score (nSPS) is 10.6. The molecule has 1 aromatic heterocycles. The Bertz CT molecular complexity index is 562. The lowest BCUT2D eigenvalue weighted by atomic mass is 9.80. The number of para-hydroxylation sites is 1. The van der Waals surface area contributed by atoms with E-state index < -0.39 is 7.12 Å². The quantitative estimate of drug-likeness (QED) is 0.597. The lowest BCUT2D eigenvalue weighted by Crippen LogP contribution is -2.45. The highest BCUT2D eigenvalue weighted by Gasteiger charge is 2.17. The maximum atomic E-state index is 11.7. The van der Waals surface area contributed by atoms with Gasteiger partial charge in [-0.3, -0.25) is 4.79 Å².